The predicted molar refractivity (Wildman–Crippen MR) is 148 cm³/mol. The number of nitrogens with zero attached hydrogens (tertiary/aromatic N) is 5. The van der Waals surface area contributed by atoms with E-state index in [1.54, 1.807) is 26.6 Å². The Morgan fingerprint density at radius 1 is 1.03 bits per heavy atom. The van der Waals surface area contributed by atoms with E-state index >= 15 is 0 Å². The summed E-state index contributed by atoms with van der Waals surface area (Å²) in [4.78, 5) is 17.8. The molecule has 10 heteroatoms. The number of fused-ring (bicyclic) bond motifs is 2. The number of nitrogens with one attached hydrogen (secondary N) is 1. The average molecular weight is 514 g/mol. The second-order valence-electron chi connectivity index (χ2n) is 8.87. The van der Waals surface area contributed by atoms with Crippen LogP contribution in [0.25, 0.3) is 27.6 Å². The van der Waals surface area contributed by atoms with Crippen molar-refractivity contribution in [1.29, 1.82) is 0 Å². The number of nitrogen functional groups attached to an aromatic ring is 1. The quantitative estimate of drug-likeness (QED) is 0.249. The maximum Gasteiger partial charge on any atom is 0.150 e. The molecule has 0 spiro atoms. The molecule has 0 unspecified atom stereocenters. The summed E-state index contributed by atoms with van der Waals surface area (Å²) in [5, 5.41) is 5.27. The van der Waals surface area contributed by atoms with Gasteiger partial charge in [-0.2, -0.15) is 0 Å². The van der Waals surface area contributed by atoms with Crippen LogP contribution in [0.4, 0.5) is 11.5 Å². The lowest BCUT2D eigenvalue weighted by Crippen LogP contribution is -2.08. The molecule has 0 aliphatic rings. The number of anilines is 2. The maximum absolute atomic E-state index is 6.16. The first kappa shape index (κ1) is 25.4. The van der Waals surface area contributed by atoms with Gasteiger partial charge in [-0.05, 0) is 30.7 Å². The second kappa shape index (κ2) is 11.4. The fourth-order valence-electron chi connectivity index (χ4n) is 4.44. The number of methoxy groups -OCH3 is 2. The van der Waals surface area contributed by atoms with Crippen molar-refractivity contribution < 1.29 is 14.2 Å². The van der Waals surface area contributed by atoms with Crippen molar-refractivity contribution in [3.05, 3.63) is 72.1 Å². The highest BCUT2D eigenvalue weighted by atomic mass is 16.5. The van der Waals surface area contributed by atoms with Crippen LogP contribution in [0.1, 0.15) is 23.7 Å². The number of aromatic nitrogens is 5. The van der Waals surface area contributed by atoms with Crippen molar-refractivity contribution in [2.24, 2.45) is 0 Å². The summed E-state index contributed by atoms with van der Waals surface area (Å²) in [7, 11) is 3.34. The molecule has 4 aromatic heterocycles. The fraction of sp³-hybridized carbons (Fsp3) is 0.286. The van der Waals surface area contributed by atoms with E-state index in [2.05, 4.69) is 33.3 Å². The highest BCUT2D eigenvalue weighted by Gasteiger charge is 2.15. The fourth-order valence-corrected chi connectivity index (χ4v) is 4.44. The van der Waals surface area contributed by atoms with E-state index in [0.717, 1.165) is 63.2 Å². The van der Waals surface area contributed by atoms with Crippen molar-refractivity contribution in [2.75, 3.05) is 38.4 Å². The van der Waals surface area contributed by atoms with Crippen LogP contribution in [-0.2, 0) is 29.1 Å². The molecule has 0 amide bonds. The molecule has 0 saturated heterocycles. The van der Waals surface area contributed by atoms with Crippen molar-refractivity contribution in [3.63, 3.8) is 0 Å². The van der Waals surface area contributed by atoms with Crippen molar-refractivity contribution in [3.8, 4) is 11.4 Å². The Bertz CT molecular complexity index is 1570. The Balaban J connectivity index is 1.39. The number of nitrogens with two attached hydrogens (primary N) is 1. The minimum Gasteiger partial charge on any atom is -0.489 e. The summed E-state index contributed by atoms with van der Waals surface area (Å²) in [5.74, 6) is 1.15. The van der Waals surface area contributed by atoms with E-state index in [0.29, 0.717) is 31.3 Å². The van der Waals surface area contributed by atoms with Gasteiger partial charge in [0.2, 0.25) is 0 Å². The van der Waals surface area contributed by atoms with Gasteiger partial charge in [0.15, 0.2) is 0 Å². The van der Waals surface area contributed by atoms with E-state index < -0.39 is 0 Å². The lowest BCUT2D eigenvalue weighted by molar-refractivity contribution is 0.186. The number of rotatable bonds is 11. The SMILES string of the molecule is CCc1cc(NCCOC)c2ccc(OCc3cncc(-n4cc(COC)c5c(N)ncnc54)c3)cc2n1. The third kappa shape index (κ3) is 5.22. The Hall–Kier alpha value is -4.28. The number of hydrogen-bond acceptors (Lipinski definition) is 9. The van der Waals surface area contributed by atoms with Gasteiger partial charge >= 0.3 is 0 Å². The zero-order valence-corrected chi connectivity index (χ0v) is 21.8. The van der Waals surface area contributed by atoms with Gasteiger partial charge in [-0.25, -0.2) is 9.97 Å². The van der Waals surface area contributed by atoms with Crippen LogP contribution in [0.5, 0.6) is 5.75 Å². The molecule has 38 heavy (non-hydrogen) atoms. The Labute approximate surface area is 220 Å². The van der Waals surface area contributed by atoms with Crippen LogP contribution in [0.2, 0.25) is 0 Å². The van der Waals surface area contributed by atoms with E-state index in [1.807, 2.05) is 35.0 Å². The summed E-state index contributed by atoms with van der Waals surface area (Å²) in [6.07, 6.45) is 7.83. The first-order chi connectivity index (χ1) is 18.6. The first-order valence-corrected chi connectivity index (χ1v) is 12.4. The van der Waals surface area contributed by atoms with Crippen LogP contribution in [0.15, 0.2) is 55.2 Å². The Morgan fingerprint density at radius 2 is 1.92 bits per heavy atom. The normalized spacial score (nSPS) is 11.3. The first-order valence-electron chi connectivity index (χ1n) is 12.4. The van der Waals surface area contributed by atoms with E-state index in [9.17, 15) is 0 Å². The molecule has 0 bridgehead atoms. The van der Waals surface area contributed by atoms with Gasteiger partial charge in [0.1, 0.15) is 30.1 Å². The van der Waals surface area contributed by atoms with Gasteiger partial charge in [0.05, 0.1) is 36.0 Å². The van der Waals surface area contributed by atoms with Crippen LogP contribution in [0.3, 0.4) is 0 Å². The minimum absolute atomic E-state index is 0.347. The molecule has 0 saturated carbocycles. The molecule has 3 N–H and O–H groups in total. The molecule has 0 atom stereocenters. The van der Waals surface area contributed by atoms with Gasteiger partial charge in [-0.3, -0.25) is 14.5 Å². The van der Waals surface area contributed by atoms with Gasteiger partial charge in [0, 0.05) is 67.1 Å². The maximum atomic E-state index is 6.16. The smallest absolute Gasteiger partial charge is 0.150 e. The van der Waals surface area contributed by atoms with E-state index in [1.165, 1.54) is 6.33 Å². The van der Waals surface area contributed by atoms with Gasteiger partial charge in [-0.1, -0.05) is 6.92 Å². The summed E-state index contributed by atoms with van der Waals surface area (Å²) < 4.78 is 18.6. The average Bonchev–Trinajstić information content (AvgIpc) is 3.31. The van der Waals surface area contributed by atoms with Crippen molar-refractivity contribution in [1.82, 2.24) is 24.5 Å². The molecule has 4 heterocycles. The lowest BCUT2D eigenvalue weighted by atomic mass is 10.1. The molecule has 0 radical (unpaired) electrons. The van der Waals surface area contributed by atoms with Crippen LogP contribution < -0.4 is 15.8 Å². The molecular weight excluding hydrogens is 482 g/mol. The molecule has 1 aromatic carbocycles. The molecular formula is C28H31N7O3. The molecule has 0 fully saturated rings. The van der Waals surface area contributed by atoms with Crippen LogP contribution >= 0.6 is 0 Å². The monoisotopic (exact) mass is 513 g/mol. The second-order valence-corrected chi connectivity index (χ2v) is 8.87. The number of aryl methyl sites for hydroxylation is 1. The number of ether oxygens (including phenoxy) is 3. The molecule has 196 valence electrons. The molecule has 5 rings (SSSR count). The number of benzene rings is 1. The molecule has 10 nitrogen and oxygen atoms in total. The standard InChI is InChI=1S/C28H31N7O3/c1-4-20-10-24(31-7-8-36-2)23-6-5-22(11-25(23)34-20)38-15-18-9-21(13-30-12-18)35-14-19(16-37-3)26-27(29)32-17-33-28(26)35/h5-6,9-14,17H,4,7-8,15-16H2,1-3H3,(H,31,34)(H2,29,32,33). The Kier molecular flexibility index (Phi) is 7.62. The van der Waals surface area contributed by atoms with Gasteiger partial charge in [-0.15, -0.1) is 0 Å². The Morgan fingerprint density at radius 3 is 2.74 bits per heavy atom. The lowest BCUT2D eigenvalue weighted by Gasteiger charge is -2.13. The number of pyridine rings is 2. The van der Waals surface area contributed by atoms with Crippen molar-refractivity contribution >= 4 is 33.4 Å². The molecule has 0 aliphatic heterocycles. The van der Waals surface area contributed by atoms with Crippen molar-refractivity contribution in [2.45, 2.75) is 26.6 Å². The minimum atomic E-state index is 0.347. The van der Waals surface area contributed by atoms with Gasteiger partial charge < -0.3 is 25.3 Å². The summed E-state index contributed by atoms with van der Waals surface area (Å²) in [6.45, 7) is 4.20. The zero-order valence-electron chi connectivity index (χ0n) is 21.8. The third-order valence-electron chi connectivity index (χ3n) is 6.27. The van der Waals surface area contributed by atoms with Gasteiger partial charge in [0.25, 0.3) is 0 Å². The summed E-state index contributed by atoms with van der Waals surface area (Å²) >= 11 is 0. The zero-order chi connectivity index (χ0) is 26.5. The summed E-state index contributed by atoms with van der Waals surface area (Å²) in [5.41, 5.74) is 12.5. The van der Waals surface area contributed by atoms with E-state index in [-0.39, 0.29) is 0 Å². The summed E-state index contributed by atoms with van der Waals surface area (Å²) in [6, 6.07) is 10.1. The highest BCUT2D eigenvalue weighted by Crippen LogP contribution is 2.29. The van der Waals surface area contributed by atoms with Crippen LogP contribution in [0, 0.1) is 0 Å². The number of hydrogen-bond donors (Lipinski definition) is 2. The predicted octanol–water partition coefficient (Wildman–Crippen LogP) is 4.29. The highest BCUT2D eigenvalue weighted by molar-refractivity contribution is 5.92. The topological polar surface area (TPSA) is 122 Å². The largest absolute Gasteiger partial charge is 0.489 e. The van der Waals surface area contributed by atoms with Crippen LogP contribution in [-0.4, -0.2) is 51.9 Å². The van der Waals surface area contributed by atoms with E-state index in [4.69, 9.17) is 24.9 Å². The third-order valence-corrected chi connectivity index (χ3v) is 6.27. The molecule has 5 aromatic rings. The molecule has 0 aliphatic carbocycles.